The van der Waals surface area contributed by atoms with Crippen LogP contribution in [0.2, 0.25) is 0 Å². The normalized spacial score (nSPS) is 23.4. The number of hydrogen-bond acceptors (Lipinski definition) is 5. The lowest BCUT2D eigenvalue weighted by atomic mass is 9.66. The highest BCUT2D eigenvalue weighted by Crippen LogP contribution is 2.45. The summed E-state index contributed by atoms with van der Waals surface area (Å²) in [6.07, 6.45) is 4.14. The van der Waals surface area contributed by atoms with Crippen molar-refractivity contribution in [1.29, 1.82) is 0 Å². The van der Waals surface area contributed by atoms with Crippen molar-refractivity contribution in [2.45, 2.75) is 57.1 Å². The maximum Gasteiger partial charge on any atom is 0.161 e. The molecule has 0 saturated carbocycles. The van der Waals surface area contributed by atoms with Gasteiger partial charge in [0.2, 0.25) is 0 Å². The van der Waals surface area contributed by atoms with Gasteiger partial charge in [-0.2, -0.15) is 0 Å². The molecule has 1 aliphatic heterocycles. The van der Waals surface area contributed by atoms with Gasteiger partial charge in [-0.1, -0.05) is 25.1 Å². The van der Waals surface area contributed by atoms with Gasteiger partial charge >= 0.3 is 0 Å². The molecule has 5 nitrogen and oxygen atoms in total. The third kappa shape index (κ3) is 5.52. The van der Waals surface area contributed by atoms with Gasteiger partial charge < -0.3 is 24.3 Å². The van der Waals surface area contributed by atoms with E-state index < -0.39 is 0 Å². The summed E-state index contributed by atoms with van der Waals surface area (Å²) in [5.74, 6) is 2.42. The minimum atomic E-state index is -0.0818. The smallest absolute Gasteiger partial charge is 0.161 e. The molecule has 0 aromatic heterocycles. The highest BCUT2D eigenvalue weighted by Gasteiger charge is 2.43. The summed E-state index contributed by atoms with van der Waals surface area (Å²) >= 11 is 0. The van der Waals surface area contributed by atoms with Gasteiger partial charge in [0.25, 0.3) is 0 Å². The molecule has 1 aliphatic rings. The molecule has 1 N–H and O–H groups in total. The third-order valence-corrected chi connectivity index (χ3v) is 6.75. The largest absolute Gasteiger partial charge is 0.497 e. The molecule has 5 heteroatoms. The summed E-state index contributed by atoms with van der Waals surface area (Å²) in [5, 5.41) is 3.64. The van der Waals surface area contributed by atoms with Gasteiger partial charge in [0, 0.05) is 18.6 Å². The van der Waals surface area contributed by atoms with Crippen LogP contribution in [0.25, 0.3) is 0 Å². The average molecular weight is 428 g/mol. The highest BCUT2D eigenvalue weighted by molar-refractivity contribution is 5.42. The Balaban J connectivity index is 1.70. The Kier molecular flexibility index (Phi) is 7.84. The van der Waals surface area contributed by atoms with E-state index in [0.29, 0.717) is 0 Å². The van der Waals surface area contributed by atoms with Crippen LogP contribution in [-0.2, 0) is 16.7 Å². The van der Waals surface area contributed by atoms with Gasteiger partial charge in [0.15, 0.2) is 11.5 Å². The lowest BCUT2D eigenvalue weighted by molar-refractivity contribution is -0.0979. The fraction of sp³-hybridized carbons (Fsp3) is 0.538. The Morgan fingerprint density at radius 2 is 1.71 bits per heavy atom. The van der Waals surface area contributed by atoms with E-state index in [1.807, 2.05) is 12.1 Å². The number of hydrogen-bond donors (Lipinski definition) is 1. The fourth-order valence-corrected chi connectivity index (χ4v) is 4.67. The Labute approximate surface area is 187 Å². The van der Waals surface area contributed by atoms with E-state index in [-0.39, 0.29) is 11.0 Å². The molecular weight excluding hydrogens is 390 g/mol. The molecule has 1 heterocycles. The highest BCUT2D eigenvalue weighted by atomic mass is 16.5. The first-order valence-electron chi connectivity index (χ1n) is 11.2. The molecule has 0 spiro atoms. The Morgan fingerprint density at radius 1 is 0.968 bits per heavy atom. The van der Waals surface area contributed by atoms with Crippen molar-refractivity contribution in [1.82, 2.24) is 5.32 Å². The molecule has 1 saturated heterocycles. The summed E-state index contributed by atoms with van der Waals surface area (Å²) in [6.45, 7) is 6.99. The van der Waals surface area contributed by atoms with Gasteiger partial charge in [0.05, 0.1) is 26.9 Å². The number of methoxy groups -OCH3 is 3. The summed E-state index contributed by atoms with van der Waals surface area (Å²) in [7, 11) is 5.04. The summed E-state index contributed by atoms with van der Waals surface area (Å²) in [5.41, 5.74) is 2.58. The fourth-order valence-electron chi connectivity index (χ4n) is 4.67. The van der Waals surface area contributed by atoms with Crippen molar-refractivity contribution < 1.29 is 18.9 Å². The van der Waals surface area contributed by atoms with Gasteiger partial charge in [0.1, 0.15) is 5.75 Å². The van der Waals surface area contributed by atoms with Crippen molar-refractivity contribution in [3.8, 4) is 17.2 Å². The molecule has 3 rings (SSSR count). The van der Waals surface area contributed by atoms with E-state index in [1.165, 1.54) is 11.1 Å². The molecule has 2 atom stereocenters. The van der Waals surface area contributed by atoms with E-state index in [1.54, 1.807) is 21.3 Å². The number of nitrogens with one attached hydrogen (secondary N) is 1. The zero-order valence-electron chi connectivity index (χ0n) is 19.6. The zero-order valence-corrected chi connectivity index (χ0v) is 19.6. The maximum absolute atomic E-state index is 6.19. The molecule has 170 valence electrons. The number of ether oxygens (including phenoxy) is 4. The second-order valence-corrected chi connectivity index (χ2v) is 8.70. The molecule has 1 fully saturated rings. The van der Waals surface area contributed by atoms with Gasteiger partial charge in [-0.15, -0.1) is 0 Å². The maximum atomic E-state index is 6.19. The van der Waals surface area contributed by atoms with Crippen LogP contribution >= 0.6 is 0 Å². The first kappa shape index (κ1) is 23.4. The minimum Gasteiger partial charge on any atom is -0.497 e. The lowest BCUT2D eigenvalue weighted by Crippen LogP contribution is -2.46. The van der Waals surface area contributed by atoms with Crippen LogP contribution in [0.5, 0.6) is 17.2 Å². The average Bonchev–Trinajstić information content (AvgIpc) is 2.81. The quantitative estimate of drug-likeness (QED) is 0.534. The van der Waals surface area contributed by atoms with Crippen LogP contribution in [0.1, 0.15) is 50.7 Å². The molecular formula is C26H37NO4. The van der Waals surface area contributed by atoms with Crippen molar-refractivity contribution >= 4 is 0 Å². The molecule has 0 aliphatic carbocycles. The van der Waals surface area contributed by atoms with Gasteiger partial charge in [-0.05, 0) is 74.5 Å². The van der Waals surface area contributed by atoms with E-state index in [2.05, 4.69) is 49.5 Å². The third-order valence-electron chi connectivity index (χ3n) is 6.75. The molecule has 2 unspecified atom stereocenters. The van der Waals surface area contributed by atoms with Gasteiger partial charge in [-0.3, -0.25) is 0 Å². The van der Waals surface area contributed by atoms with Crippen molar-refractivity contribution in [2.24, 2.45) is 0 Å². The topological polar surface area (TPSA) is 49.0 Å². The predicted octanol–water partition coefficient (Wildman–Crippen LogP) is 5.11. The molecule has 0 radical (unpaired) electrons. The Bertz CT molecular complexity index is 838. The zero-order chi connectivity index (χ0) is 22.3. The van der Waals surface area contributed by atoms with Crippen LogP contribution in [0.4, 0.5) is 0 Å². The van der Waals surface area contributed by atoms with Gasteiger partial charge in [-0.25, -0.2) is 0 Å². The lowest BCUT2D eigenvalue weighted by Gasteiger charge is -2.47. The minimum absolute atomic E-state index is 0.0818. The molecule has 0 amide bonds. The molecule has 0 bridgehead atoms. The van der Waals surface area contributed by atoms with Crippen LogP contribution in [0.15, 0.2) is 42.5 Å². The number of benzene rings is 2. The van der Waals surface area contributed by atoms with Crippen LogP contribution < -0.4 is 19.5 Å². The second-order valence-electron chi connectivity index (χ2n) is 8.70. The second kappa shape index (κ2) is 10.4. The van der Waals surface area contributed by atoms with Crippen LogP contribution in [0, 0.1) is 0 Å². The van der Waals surface area contributed by atoms with E-state index in [4.69, 9.17) is 18.9 Å². The Morgan fingerprint density at radius 3 is 2.35 bits per heavy atom. The van der Waals surface area contributed by atoms with E-state index in [9.17, 15) is 0 Å². The van der Waals surface area contributed by atoms with Crippen molar-refractivity contribution in [2.75, 3.05) is 34.5 Å². The predicted molar refractivity (Wildman–Crippen MR) is 124 cm³/mol. The molecule has 2 aromatic carbocycles. The standard InChI is InChI=1S/C26H37NO4/c1-6-25(2)19-26(14-16-31-25,21-8-10-22(28-3)11-9-21)13-15-27-18-20-7-12-23(29-4)24(17-20)30-5/h7-12,17,27H,6,13-16,18-19H2,1-5H3. The first-order valence-corrected chi connectivity index (χ1v) is 11.2. The Hall–Kier alpha value is -2.24. The van der Waals surface area contributed by atoms with Crippen molar-refractivity contribution in [3.05, 3.63) is 53.6 Å². The molecule has 31 heavy (non-hydrogen) atoms. The van der Waals surface area contributed by atoms with Crippen molar-refractivity contribution in [3.63, 3.8) is 0 Å². The van der Waals surface area contributed by atoms with Crippen LogP contribution in [-0.4, -0.2) is 40.1 Å². The van der Waals surface area contributed by atoms with Crippen LogP contribution in [0.3, 0.4) is 0 Å². The monoisotopic (exact) mass is 427 g/mol. The summed E-state index contributed by atoms with van der Waals surface area (Å²) in [4.78, 5) is 0. The SMILES string of the molecule is CCC1(C)CC(CCNCc2ccc(OC)c(OC)c2)(c2ccc(OC)cc2)CCO1. The van der Waals surface area contributed by atoms with E-state index in [0.717, 1.165) is 62.6 Å². The van der Waals surface area contributed by atoms with E-state index >= 15 is 0 Å². The number of rotatable bonds is 10. The summed E-state index contributed by atoms with van der Waals surface area (Å²) in [6, 6.07) is 14.7. The summed E-state index contributed by atoms with van der Waals surface area (Å²) < 4.78 is 22.3. The molecule has 2 aromatic rings. The first-order chi connectivity index (χ1) is 15.0.